The highest BCUT2D eigenvalue weighted by molar-refractivity contribution is 4.87. The van der Waals surface area contributed by atoms with E-state index in [2.05, 4.69) is 49.6 Å². The van der Waals surface area contributed by atoms with Crippen LogP contribution in [0.3, 0.4) is 0 Å². The smallest absolute Gasteiger partial charge is 0.247 e. The summed E-state index contributed by atoms with van der Waals surface area (Å²) in [5.41, 5.74) is 0. The van der Waals surface area contributed by atoms with Crippen LogP contribution in [0.15, 0.2) is 12.4 Å². The molecule has 1 N–H and O–H groups in total. The molecule has 230 valence electrons. The number of hydrogen-bond donors (Lipinski definition) is 1. The predicted molar refractivity (Wildman–Crippen MR) is 175 cm³/mol. The fourth-order valence-electron chi connectivity index (χ4n) is 6.34. The average Bonchev–Trinajstić information content (AvgIpc) is 3.44. The van der Waals surface area contributed by atoms with E-state index in [4.69, 9.17) is 0 Å². The van der Waals surface area contributed by atoms with Gasteiger partial charge in [0.2, 0.25) is 0 Å². The summed E-state index contributed by atoms with van der Waals surface area (Å²) in [6.07, 6.45) is 44.5. The van der Waals surface area contributed by atoms with Gasteiger partial charge in [0.25, 0.3) is 5.82 Å². The van der Waals surface area contributed by atoms with E-state index >= 15 is 0 Å². The number of unbranched alkanes of at least 4 members (excludes halogenated alkanes) is 24. The summed E-state index contributed by atoms with van der Waals surface area (Å²) in [5.74, 6) is 2.10. The summed E-state index contributed by atoms with van der Waals surface area (Å²) >= 11 is 0. The topological polar surface area (TPSA) is 19.7 Å². The molecule has 1 aromatic heterocycles. The lowest BCUT2D eigenvalue weighted by Gasteiger charge is -2.14. The van der Waals surface area contributed by atoms with E-state index in [1.54, 1.807) is 0 Å². The number of rotatable bonds is 30. The van der Waals surface area contributed by atoms with Crippen LogP contribution in [0.2, 0.25) is 0 Å². The van der Waals surface area contributed by atoms with E-state index in [1.165, 1.54) is 186 Å². The lowest BCUT2D eigenvalue weighted by atomic mass is 9.99. The molecule has 1 heterocycles. The predicted octanol–water partition coefficient (Wildman–Crippen LogP) is 12.9. The maximum Gasteiger partial charge on any atom is 0.257 e. The van der Waals surface area contributed by atoms with E-state index in [1.807, 2.05) is 0 Å². The van der Waals surface area contributed by atoms with Crippen LogP contribution in [0.5, 0.6) is 0 Å². The summed E-state index contributed by atoms with van der Waals surface area (Å²) in [5, 5.41) is 0. The lowest BCUT2D eigenvalue weighted by molar-refractivity contribution is -0.727. The molecule has 0 aliphatic heterocycles. The van der Waals surface area contributed by atoms with Crippen molar-refractivity contribution >= 4 is 0 Å². The Morgan fingerprint density at radius 1 is 0.487 bits per heavy atom. The Morgan fingerprint density at radius 3 is 1.21 bits per heavy atom. The second-order valence-electron chi connectivity index (χ2n) is 13.1. The number of nitrogens with zero attached hydrogens (tertiary/aromatic N) is 1. The van der Waals surface area contributed by atoms with Gasteiger partial charge >= 0.3 is 0 Å². The Balaban J connectivity index is 2.00. The number of aromatic amines is 1. The molecule has 0 saturated carbocycles. The Morgan fingerprint density at radius 2 is 0.821 bits per heavy atom. The van der Waals surface area contributed by atoms with Gasteiger partial charge in [0.05, 0.1) is 12.0 Å². The van der Waals surface area contributed by atoms with Crippen molar-refractivity contribution in [1.82, 2.24) is 4.98 Å². The van der Waals surface area contributed by atoms with Crippen LogP contribution in [0.4, 0.5) is 0 Å². The quantitative estimate of drug-likeness (QED) is 0.0732. The Kier molecular flexibility index (Phi) is 25.4. The molecule has 2 nitrogen and oxygen atoms in total. The highest BCUT2D eigenvalue weighted by atomic mass is 15.1. The van der Waals surface area contributed by atoms with Crippen molar-refractivity contribution in [2.75, 3.05) is 0 Å². The lowest BCUT2D eigenvalue weighted by Crippen LogP contribution is -2.40. The molecule has 0 aliphatic carbocycles. The van der Waals surface area contributed by atoms with Gasteiger partial charge in [-0.3, -0.25) is 0 Å². The zero-order chi connectivity index (χ0) is 28.2. The van der Waals surface area contributed by atoms with Gasteiger partial charge < -0.3 is 0 Å². The molecule has 1 aromatic rings. The largest absolute Gasteiger partial charge is 0.257 e. The molecule has 2 unspecified atom stereocenters. The van der Waals surface area contributed by atoms with Crippen LogP contribution < -0.4 is 4.57 Å². The fourth-order valence-corrected chi connectivity index (χ4v) is 6.34. The second-order valence-corrected chi connectivity index (χ2v) is 13.1. The third-order valence-corrected chi connectivity index (χ3v) is 9.15. The van der Waals surface area contributed by atoms with Gasteiger partial charge in [-0.05, 0) is 26.2 Å². The van der Waals surface area contributed by atoms with Gasteiger partial charge in [-0.2, -0.15) is 0 Å². The van der Waals surface area contributed by atoms with Gasteiger partial charge in [0.15, 0.2) is 0 Å². The zero-order valence-electron chi connectivity index (χ0n) is 27.6. The van der Waals surface area contributed by atoms with Crippen molar-refractivity contribution in [2.24, 2.45) is 0 Å². The van der Waals surface area contributed by atoms with Gasteiger partial charge in [0, 0.05) is 0 Å². The first-order valence-corrected chi connectivity index (χ1v) is 18.3. The van der Waals surface area contributed by atoms with Crippen molar-refractivity contribution in [2.45, 2.75) is 219 Å². The molecule has 0 spiro atoms. The molecule has 0 saturated heterocycles. The summed E-state index contributed by atoms with van der Waals surface area (Å²) in [7, 11) is 0. The Bertz CT molecular complexity index is 606. The van der Waals surface area contributed by atoms with E-state index in [0.29, 0.717) is 12.0 Å². The van der Waals surface area contributed by atoms with Crippen molar-refractivity contribution in [3.63, 3.8) is 0 Å². The van der Waals surface area contributed by atoms with E-state index in [0.717, 1.165) is 0 Å². The van der Waals surface area contributed by atoms with Gasteiger partial charge in [-0.25, -0.2) is 9.55 Å². The number of hydrogen-bond acceptors (Lipinski definition) is 0. The van der Waals surface area contributed by atoms with Crippen molar-refractivity contribution in [1.29, 1.82) is 0 Å². The Hall–Kier alpha value is -0.790. The van der Waals surface area contributed by atoms with Crippen molar-refractivity contribution in [3.8, 4) is 0 Å². The normalized spacial score (nSPS) is 13.2. The molecule has 0 aliphatic rings. The van der Waals surface area contributed by atoms with Crippen LogP contribution >= 0.6 is 0 Å². The highest BCUT2D eigenvalue weighted by Crippen LogP contribution is 2.21. The third-order valence-electron chi connectivity index (χ3n) is 9.15. The highest BCUT2D eigenvalue weighted by Gasteiger charge is 2.22. The van der Waals surface area contributed by atoms with Gasteiger partial charge in [0.1, 0.15) is 12.4 Å². The maximum atomic E-state index is 3.59. The maximum absolute atomic E-state index is 3.59. The van der Waals surface area contributed by atoms with Crippen molar-refractivity contribution in [3.05, 3.63) is 18.2 Å². The number of H-pyrrole nitrogens is 1. The first-order chi connectivity index (χ1) is 19.2. The number of imidazole rings is 1. The van der Waals surface area contributed by atoms with Crippen LogP contribution in [-0.2, 0) is 0 Å². The minimum Gasteiger partial charge on any atom is -0.247 e. The first-order valence-electron chi connectivity index (χ1n) is 18.3. The molecular formula is C37H73N2+. The zero-order valence-corrected chi connectivity index (χ0v) is 27.6. The van der Waals surface area contributed by atoms with Crippen LogP contribution in [0.1, 0.15) is 225 Å². The molecule has 0 bridgehead atoms. The summed E-state index contributed by atoms with van der Waals surface area (Å²) in [6, 6.07) is 0.619. The fraction of sp³-hybridized carbons (Fsp3) is 0.919. The van der Waals surface area contributed by atoms with Crippen LogP contribution in [-0.4, -0.2) is 4.98 Å². The van der Waals surface area contributed by atoms with Gasteiger partial charge in [-0.1, -0.05) is 181 Å². The molecule has 0 fully saturated rings. The third kappa shape index (κ3) is 20.7. The van der Waals surface area contributed by atoms with E-state index in [9.17, 15) is 0 Å². The molecule has 0 amide bonds. The van der Waals surface area contributed by atoms with Crippen LogP contribution in [0.25, 0.3) is 0 Å². The molecule has 0 radical (unpaired) electrons. The molecule has 1 rings (SSSR count). The van der Waals surface area contributed by atoms with E-state index < -0.39 is 0 Å². The molecule has 2 atom stereocenters. The monoisotopic (exact) mass is 546 g/mol. The van der Waals surface area contributed by atoms with Crippen molar-refractivity contribution < 1.29 is 4.57 Å². The minimum atomic E-state index is 0.619. The SMILES string of the molecule is CCCCCCCCCCCCCCCCC(C)[n+]1cc[nH]c1C(C)CCCCCCCCCCCCCC. The average molecular weight is 546 g/mol. The molecule has 39 heavy (non-hydrogen) atoms. The summed E-state index contributed by atoms with van der Waals surface area (Å²) in [6.45, 7) is 9.47. The van der Waals surface area contributed by atoms with Gasteiger partial charge in [-0.15, -0.1) is 0 Å². The standard InChI is InChI=1S/C37H72N2/c1-5-7-9-11-13-15-17-19-20-22-24-26-28-30-32-36(4)39-34-33-38-37(39)35(3)31-29-27-25-23-21-18-16-14-12-10-8-6-2/h33-36H,5-32H2,1-4H3/p+1. The summed E-state index contributed by atoms with van der Waals surface area (Å²) in [4.78, 5) is 3.59. The van der Waals surface area contributed by atoms with Crippen LogP contribution in [0, 0.1) is 0 Å². The molecular weight excluding hydrogens is 472 g/mol. The summed E-state index contributed by atoms with van der Waals surface area (Å²) < 4.78 is 2.55. The Labute approximate surface area is 246 Å². The minimum absolute atomic E-state index is 0.619. The molecule has 2 heteroatoms. The molecule has 0 aromatic carbocycles. The van der Waals surface area contributed by atoms with E-state index in [-0.39, 0.29) is 0 Å². The second kappa shape index (κ2) is 27.4. The first kappa shape index (κ1) is 36.2. The number of aromatic nitrogens is 2. The number of nitrogens with one attached hydrogen (secondary N) is 1.